The van der Waals surface area contributed by atoms with Crippen LogP contribution in [0.4, 0.5) is 4.39 Å². The predicted molar refractivity (Wildman–Crippen MR) is 49.3 cm³/mol. The second kappa shape index (κ2) is 3.60. The maximum atomic E-state index is 14.0. The average Bonchev–Trinajstić information content (AvgIpc) is 2.75. The van der Waals surface area contributed by atoms with Gasteiger partial charge in [-0.1, -0.05) is 18.1 Å². The highest BCUT2D eigenvalue weighted by Gasteiger charge is 2.34. The van der Waals surface area contributed by atoms with Gasteiger partial charge in [-0.15, -0.1) is 5.10 Å². The summed E-state index contributed by atoms with van der Waals surface area (Å²) in [6.07, 6.45) is 4.08. The third-order valence-corrected chi connectivity index (χ3v) is 2.70. The quantitative estimate of drug-likeness (QED) is 0.820. The van der Waals surface area contributed by atoms with E-state index in [-0.39, 0.29) is 12.2 Å². The molecule has 0 aromatic carbocycles. The predicted octanol–water partition coefficient (Wildman–Crippen LogP) is 1.26. The minimum absolute atomic E-state index is 0.104. The molecule has 1 aliphatic carbocycles. The summed E-state index contributed by atoms with van der Waals surface area (Å²) in [5, 5.41) is 15.6. The van der Waals surface area contributed by atoms with Crippen molar-refractivity contribution in [3.63, 3.8) is 0 Å². The van der Waals surface area contributed by atoms with Gasteiger partial charge in [0.15, 0.2) is 5.69 Å². The van der Waals surface area contributed by atoms with Crippen molar-refractivity contribution in [1.29, 1.82) is 0 Å². The lowest BCUT2D eigenvalue weighted by Gasteiger charge is -2.17. The summed E-state index contributed by atoms with van der Waals surface area (Å²) in [4.78, 5) is 10.5. The minimum Gasteiger partial charge on any atom is -0.476 e. The van der Waals surface area contributed by atoms with Crippen molar-refractivity contribution in [2.45, 2.75) is 37.9 Å². The summed E-state index contributed by atoms with van der Waals surface area (Å²) in [6.45, 7) is 0.104. The van der Waals surface area contributed by atoms with E-state index in [1.165, 1.54) is 10.9 Å². The first kappa shape index (κ1) is 10.1. The van der Waals surface area contributed by atoms with Crippen LogP contribution in [0.1, 0.15) is 36.2 Å². The molecule has 0 unspecified atom stereocenters. The summed E-state index contributed by atoms with van der Waals surface area (Å²) in [6, 6.07) is 0. The molecule has 1 heterocycles. The van der Waals surface area contributed by atoms with Crippen molar-refractivity contribution in [3.05, 3.63) is 11.9 Å². The molecule has 1 fully saturated rings. The largest absolute Gasteiger partial charge is 0.476 e. The third-order valence-electron chi connectivity index (χ3n) is 2.70. The van der Waals surface area contributed by atoms with Crippen LogP contribution in [0.15, 0.2) is 6.20 Å². The molecule has 0 aliphatic heterocycles. The SMILES string of the molecule is O=C(O)c1cn(CC2(F)CCCC2)nn1. The fourth-order valence-corrected chi connectivity index (χ4v) is 1.93. The van der Waals surface area contributed by atoms with E-state index in [4.69, 9.17) is 5.11 Å². The van der Waals surface area contributed by atoms with Gasteiger partial charge in [0, 0.05) is 0 Å². The van der Waals surface area contributed by atoms with Crippen LogP contribution in [0.5, 0.6) is 0 Å². The van der Waals surface area contributed by atoms with Gasteiger partial charge in [0.2, 0.25) is 0 Å². The number of hydrogen-bond donors (Lipinski definition) is 1. The molecule has 0 amide bonds. The van der Waals surface area contributed by atoms with Gasteiger partial charge >= 0.3 is 5.97 Å². The normalized spacial score (nSPS) is 19.3. The maximum absolute atomic E-state index is 14.0. The Labute approximate surface area is 85.9 Å². The number of nitrogens with zero attached hydrogens (tertiary/aromatic N) is 3. The van der Waals surface area contributed by atoms with E-state index < -0.39 is 11.6 Å². The van der Waals surface area contributed by atoms with Gasteiger partial charge in [-0.25, -0.2) is 13.9 Å². The lowest BCUT2D eigenvalue weighted by atomic mass is 10.1. The fraction of sp³-hybridized carbons (Fsp3) is 0.667. The smallest absolute Gasteiger partial charge is 0.358 e. The summed E-state index contributed by atoms with van der Waals surface area (Å²) in [5.41, 5.74) is -1.37. The molecular weight excluding hydrogens is 201 g/mol. The number of hydrogen-bond acceptors (Lipinski definition) is 3. The van der Waals surface area contributed by atoms with Crippen LogP contribution in [-0.2, 0) is 6.54 Å². The van der Waals surface area contributed by atoms with Crippen LogP contribution >= 0.6 is 0 Å². The first-order chi connectivity index (χ1) is 7.09. The molecule has 15 heavy (non-hydrogen) atoms. The first-order valence-electron chi connectivity index (χ1n) is 4.91. The molecule has 1 aromatic heterocycles. The van der Waals surface area contributed by atoms with Crippen molar-refractivity contribution in [1.82, 2.24) is 15.0 Å². The highest BCUT2D eigenvalue weighted by molar-refractivity contribution is 5.84. The maximum Gasteiger partial charge on any atom is 0.358 e. The van der Waals surface area contributed by atoms with Gasteiger partial charge < -0.3 is 5.11 Å². The molecule has 6 heteroatoms. The Hall–Kier alpha value is -1.46. The number of aromatic carboxylic acids is 1. The number of aromatic nitrogens is 3. The van der Waals surface area contributed by atoms with E-state index in [0.29, 0.717) is 12.8 Å². The van der Waals surface area contributed by atoms with Crippen LogP contribution in [0, 0.1) is 0 Å². The lowest BCUT2D eigenvalue weighted by Crippen LogP contribution is -2.25. The Morgan fingerprint density at radius 3 is 2.80 bits per heavy atom. The Kier molecular flexibility index (Phi) is 2.42. The molecule has 1 N–H and O–H groups in total. The number of carboxylic acids is 1. The van der Waals surface area contributed by atoms with Gasteiger partial charge in [0.25, 0.3) is 0 Å². The van der Waals surface area contributed by atoms with Crippen molar-refractivity contribution >= 4 is 5.97 Å². The molecule has 0 atom stereocenters. The van der Waals surface area contributed by atoms with E-state index >= 15 is 0 Å². The number of rotatable bonds is 3. The van der Waals surface area contributed by atoms with Crippen molar-refractivity contribution in [2.24, 2.45) is 0 Å². The zero-order chi connectivity index (χ0) is 10.9. The molecular formula is C9H12FN3O2. The molecule has 1 aliphatic rings. The van der Waals surface area contributed by atoms with E-state index in [1.807, 2.05) is 0 Å². The van der Waals surface area contributed by atoms with Crippen molar-refractivity contribution in [3.8, 4) is 0 Å². The number of alkyl halides is 1. The second-order valence-electron chi connectivity index (χ2n) is 3.96. The van der Waals surface area contributed by atoms with Crippen LogP contribution in [0.2, 0.25) is 0 Å². The van der Waals surface area contributed by atoms with Gasteiger partial charge in [-0.05, 0) is 12.8 Å². The number of carboxylic acid groups (broad SMARTS) is 1. The third kappa shape index (κ3) is 2.14. The first-order valence-corrected chi connectivity index (χ1v) is 4.91. The minimum atomic E-state index is -1.23. The molecule has 1 aromatic rings. The van der Waals surface area contributed by atoms with E-state index in [2.05, 4.69) is 10.3 Å². The molecule has 82 valence electrons. The Morgan fingerprint density at radius 1 is 1.60 bits per heavy atom. The zero-order valence-electron chi connectivity index (χ0n) is 8.19. The zero-order valence-corrected chi connectivity index (χ0v) is 8.19. The van der Waals surface area contributed by atoms with Gasteiger partial charge in [-0.3, -0.25) is 0 Å². The Balaban J connectivity index is 2.07. The fourth-order valence-electron chi connectivity index (χ4n) is 1.93. The van der Waals surface area contributed by atoms with E-state index in [9.17, 15) is 9.18 Å². The van der Waals surface area contributed by atoms with Gasteiger partial charge in [0.1, 0.15) is 5.67 Å². The Morgan fingerprint density at radius 2 is 2.27 bits per heavy atom. The van der Waals surface area contributed by atoms with E-state index in [0.717, 1.165) is 12.8 Å². The highest BCUT2D eigenvalue weighted by atomic mass is 19.1. The van der Waals surface area contributed by atoms with Crippen molar-refractivity contribution < 1.29 is 14.3 Å². The topological polar surface area (TPSA) is 68.0 Å². The summed E-state index contributed by atoms with van der Waals surface area (Å²) >= 11 is 0. The standard InChI is InChI=1S/C9H12FN3O2/c10-9(3-1-2-4-9)6-13-5-7(8(14)15)11-12-13/h5H,1-4,6H2,(H,14,15). The molecule has 0 radical (unpaired) electrons. The Bertz CT molecular complexity index is 371. The molecule has 1 saturated carbocycles. The van der Waals surface area contributed by atoms with Gasteiger partial charge in [0.05, 0.1) is 12.7 Å². The molecule has 0 bridgehead atoms. The second-order valence-corrected chi connectivity index (χ2v) is 3.96. The molecule has 0 saturated heterocycles. The summed E-state index contributed by atoms with van der Waals surface area (Å²) in [7, 11) is 0. The lowest BCUT2D eigenvalue weighted by molar-refractivity contribution is 0.0690. The van der Waals surface area contributed by atoms with Crippen LogP contribution in [-0.4, -0.2) is 31.7 Å². The van der Waals surface area contributed by atoms with Crippen LogP contribution < -0.4 is 0 Å². The average molecular weight is 213 g/mol. The van der Waals surface area contributed by atoms with Crippen LogP contribution in [0.25, 0.3) is 0 Å². The summed E-state index contributed by atoms with van der Waals surface area (Å²) < 4.78 is 15.2. The monoisotopic (exact) mass is 213 g/mol. The number of carbonyl (C=O) groups is 1. The highest BCUT2D eigenvalue weighted by Crippen LogP contribution is 2.34. The van der Waals surface area contributed by atoms with Crippen molar-refractivity contribution in [2.75, 3.05) is 0 Å². The molecule has 2 rings (SSSR count). The summed E-state index contributed by atoms with van der Waals surface area (Å²) in [5.74, 6) is -1.14. The molecule has 5 nitrogen and oxygen atoms in total. The van der Waals surface area contributed by atoms with Gasteiger partial charge in [-0.2, -0.15) is 0 Å². The number of halogens is 1. The molecule has 0 spiro atoms. The van der Waals surface area contributed by atoms with Crippen LogP contribution in [0.3, 0.4) is 0 Å². The van der Waals surface area contributed by atoms with E-state index in [1.54, 1.807) is 0 Å².